The van der Waals surface area contributed by atoms with Crippen LogP contribution in [-0.4, -0.2) is 38.3 Å². The van der Waals surface area contributed by atoms with Crippen LogP contribution in [0.1, 0.15) is 44.2 Å². The maximum absolute atomic E-state index is 12.7. The number of carbonyl (C=O) groups excluding carboxylic acids is 1. The van der Waals surface area contributed by atoms with Crippen LogP contribution in [0.25, 0.3) is 0 Å². The number of carbonyl (C=O) groups is 1. The number of aromatic nitrogens is 2. The van der Waals surface area contributed by atoms with Gasteiger partial charge in [-0.1, -0.05) is 11.6 Å². The predicted octanol–water partition coefficient (Wildman–Crippen LogP) is 1.87. The highest BCUT2D eigenvalue weighted by Gasteiger charge is 2.27. The molecule has 0 aromatic carbocycles. The Hall–Kier alpha value is -1.62. The second-order valence-corrected chi connectivity index (χ2v) is 5.98. The van der Waals surface area contributed by atoms with Gasteiger partial charge in [-0.25, -0.2) is 0 Å². The number of allylic oxidation sites excluding steroid dienone is 1. The molecule has 0 radical (unpaired) electrons. The molecule has 0 saturated heterocycles. The van der Waals surface area contributed by atoms with Crippen molar-refractivity contribution in [2.45, 2.75) is 57.7 Å². The molecule has 0 unspecified atom stereocenters. The Morgan fingerprint density at radius 1 is 1.43 bits per heavy atom. The minimum Gasteiger partial charge on any atom is -0.394 e. The summed E-state index contributed by atoms with van der Waals surface area (Å²) in [5.41, 5.74) is 2.32. The third-order valence-corrected chi connectivity index (χ3v) is 4.55. The van der Waals surface area contributed by atoms with Crippen molar-refractivity contribution < 1.29 is 9.90 Å². The average molecular weight is 289 g/mol. The zero-order chi connectivity index (χ0) is 14.7. The van der Waals surface area contributed by atoms with Crippen molar-refractivity contribution in [1.29, 1.82) is 0 Å². The van der Waals surface area contributed by atoms with E-state index >= 15 is 0 Å². The van der Waals surface area contributed by atoms with Crippen LogP contribution in [0.3, 0.4) is 0 Å². The highest BCUT2D eigenvalue weighted by atomic mass is 16.3. The molecule has 1 aliphatic carbocycles. The van der Waals surface area contributed by atoms with Gasteiger partial charge < -0.3 is 10.0 Å². The molecule has 0 spiro atoms. The maximum Gasteiger partial charge on any atom is 0.227 e. The summed E-state index contributed by atoms with van der Waals surface area (Å²) in [5, 5.41) is 13.9. The summed E-state index contributed by atoms with van der Waals surface area (Å²) in [5.74, 6) is 0.136. The van der Waals surface area contributed by atoms with Crippen molar-refractivity contribution in [1.82, 2.24) is 14.7 Å². The molecule has 0 saturated carbocycles. The summed E-state index contributed by atoms with van der Waals surface area (Å²) < 4.78 is 1.94. The molecule has 2 aliphatic rings. The zero-order valence-corrected chi connectivity index (χ0v) is 12.4. The van der Waals surface area contributed by atoms with Crippen molar-refractivity contribution >= 4 is 5.91 Å². The molecule has 5 nitrogen and oxygen atoms in total. The standard InChI is InChI=1S/C16H23N3O2/c20-12-15-7-9-19-14(6-8-17-19)11-18(15)16(21)10-13-4-2-1-3-5-13/h4,6,8,15,20H,1-3,5,7,9-12H2/t15-/m0/s1. The van der Waals surface area contributed by atoms with E-state index in [0.717, 1.165) is 31.5 Å². The van der Waals surface area contributed by atoms with Crippen LogP contribution < -0.4 is 0 Å². The highest BCUT2D eigenvalue weighted by molar-refractivity contribution is 5.79. The molecular weight excluding hydrogens is 266 g/mol. The van der Waals surface area contributed by atoms with E-state index in [9.17, 15) is 9.90 Å². The van der Waals surface area contributed by atoms with E-state index in [1.54, 1.807) is 6.20 Å². The number of fused-ring (bicyclic) bond motifs is 1. The summed E-state index contributed by atoms with van der Waals surface area (Å²) in [6.45, 7) is 1.34. The molecule has 1 aromatic heterocycles. The van der Waals surface area contributed by atoms with Crippen molar-refractivity contribution in [3.05, 3.63) is 29.6 Å². The smallest absolute Gasteiger partial charge is 0.227 e. The lowest BCUT2D eigenvalue weighted by Gasteiger charge is -2.29. The van der Waals surface area contributed by atoms with E-state index in [1.807, 2.05) is 15.6 Å². The summed E-state index contributed by atoms with van der Waals surface area (Å²) >= 11 is 0. The Bertz CT molecular complexity index is 535. The normalized spacial score (nSPS) is 22.4. The summed E-state index contributed by atoms with van der Waals surface area (Å²) in [4.78, 5) is 14.5. The fourth-order valence-electron chi connectivity index (χ4n) is 3.27. The molecule has 21 heavy (non-hydrogen) atoms. The minimum absolute atomic E-state index is 0.0234. The van der Waals surface area contributed by atoms with Crippen LogP contribution in [0.2, 0.25) is 0 Å². The van der Waals surface area contributed by atoms with Gasteiger partial charge in [0.1, 0.15) is 0 Å². The average Bonchev–Trinajstić information content (AvgIpc) is 2.87. The zero-order valence-electron chi connectivity index (χ0n) is 12.4. The lowest BCUT2D eigenvalue weighted by Crippen LogP contribution is -2.41. The Balaban J connectivity index is 1.74. The van der Waals surface area contributed by atoms with Gasteiger partial charge in [-0.15, -0.1) is 0 Å². The fourth-order valence-corrected chi connectivity index (χ4v) is 3.27. The Labute approximate surface area is 125 Å². The first-order valence-corrected chi connectivity index (χ1v) is 7.87. The molecule has 1 aromatic rings. The molecule has 1 N–H and O–H groups in total. The molecule has 1 atom stereocenters. The molecule has 2 heterocycles. The quantitative estimate of drug-likeness (QED) is 0.864. The third-order valence-electron chi connectivity index (χ3n) is 4.55. The number of rotatable bonds is 3. The Morgan fingerprint density at radius 3 is 3.10 bits per heavy atom. The number of nitrogens with zero attached hydrogens (tertiary/aromatic N) is 3. The van der Waals surface area contributed by atoms with E-state index in [2.05, 4.69) is 11.2 Å². The number of hydrogen-bond donors (Lipinski definition) is 1. The van der Waals surface area contributed by atoms with Gasteiger partial charge in [-0.2, -0.15) is 5.10 Å². The first-order chi connectivity index (χ1) is 10.3. The predicted molar refractivity (Wildman–Crippen MR) is 79.4 cm³/mol. The third kappa shape index (κ3) is 3.18. The van der Waals surface area contributed by atoms with E-state index in [-0.39, 0.29) is 18.6 Å². The van der Waals surface area contributed by atoms with Crippen LogP contribution in [0.15, 0.2) is 23.9 Å². The van der Waals surface area contributed by atoms with Gasteiger partial charge in [0.05, 0.1) is 24.9 Å². The molecular formula is C16H23N3O2. The Kier molecular flexibility index (Phi) is 4.39. The van der Waals surface area contributed by atoms with Crippen molar-refractivity contribution in [3.63, 3.8) is 0 Å². The molecule has 0 fully saturated rings. The van der Waals surface area contributed by atoms with Gasteiger partial charge in [0.15, 0.2) is 0 Å². The lowest BCUT2D eigenvalue weighted by atomic mass is 9.96. The largest absolute Gasteiger partial charge is 0.394 e. The van der Waals surface area contributed by atoms with Crippen LogP contribution in [0.5, 0.6) is 0 Å². The first kappa shape index (κ1) is 14.3. The van der Waals surface area contributed by atoms with Crippen LogP contribution >= 0.6 is 0 Å². The second kappa shape index (κ2) is 6.43. The maximum atomic E-state index is 12.7. The lowest BCUT2D eigenvalue weighted by molar-refractivity contribution is -0.134. The highest BCUT2D eigenvalue weighted by Crippen LogP contribution is 2.23. The Morgan fingerprint density at radius 2 is 2.33 bits per heavy atom. The van der Waals surface area contributed by atoms with E-state index in [1.165, 1.54) is 18.4 Å². The monoisotopic (exact) mass is 289 g/mol. The van der Waals surface area contributed by atoms with Gasteiger partial charge in [0.2, 0.25) is 5.91 Å². The van der Waals surface area contributed by atoms with Crippen LogP contribution in [-0.2, 0) is 17.9 Å². The van der Waals surface area contributed by atoms with Gasteiger partial charge in [0, 0.05) is 19.2 Å². The number of aliphatic hydroxyl groups is 1. The summed E-state index contributed by atoms with van der Waals surface area (Å²) in [6, 6.07) is 1.86. The molecule has 1 amide bonds. The topological polar surface area (TPSA) is 58.4 Å². The van der Waals surface area contributed by atoms with Gasteiger partial charge in [0.25, 0.3) is 0 Å². The molecule has 5 heteroatoms. The number of amides is 1. The molecule has 114 valence electrons. The number of hydrogen-bond acceptors (Lipinski definition) is 3. The molecule has 1 aliphatic heterocycles. The van der Waals surface area contributed by atoms with E-state index in [0.29, 0.717) is 13.0 Å². The number of aryl methyl sites for hydroxylation is 1. The first-order valence-electron chi connectivity index (χ1n) is 7.87. The summed E-state index contributed by atoms with van der Waals surface area (Å²) in [6.07, 6.45) is 9.83. The van der Waals surface area contributed by atoms with Crippen LogP contribution in [0.4, 0.5) is 0 Å². The SMILES string of the molecule is O=C(CC1=CCCCC1)N1Cc2ccnn2CC[C@H]1CO. The van der Waals surface area contributed by atoms with E-state index in [4.69, 9.17) is 0 Å². The van der Waals surface area contributed by atoms with Gasteiger partial charge >= 0.3 is 0 Å². The second-order valence-electron chi connectivity index (χ2n) is 5.98. The van der Waals surface area contributed by atoms with Gasteiger partial charge in [-0.05, 0) is 38.2 Å². The van der Waals surface area contributed by atoms with E-state index < -0.39 is 0 Å². The van der Waals surface area contributed by atoms with Gasteiger partial charge in [-0.3, -0.25) is 9.48 Å². The van der Waals surface area contributed by atoms with Crippen molar-refractivity contribution in [2.75, 3.05) is 6.61 Å². The minimum atomic E-state index is -0.0941. The van der Waals surface area contributed by atoms with Crippen molar-refractivity contribution in [2.24, 2.45) is 0 Å². The van der Waals surface area contributed by atoms with Crippen LogP contribution in [0, 0.1) is 0 Å². The number of aliphatic hydroxyl groups excluding tert-OH is 1. The fraction of sp³-hybridized carbons (Fsp3) is 0.625. The molecule has 0 bridgehead atoms. The van der Waals surface area contributed by atoms with Crippen molar-refractivity contribution in [3.8, 4) is 0 Å². The molecule has 3 rings (SSSR count). The summed E-state index contributed by atoms with van der Waals surface area (Å²) in [7, 11) is 0.